The Morgan fingerprint density at radius 3 is 1.00 bits per heavy atom. The Labute approximate surface area is 497 Å². The minimum absolute atomic E-state index is 0. The molecule has 0 aromatic carbocycles. The van der Waals surface area contributed by atoms with Gasteiger partial charge in [0.25, 0.3) is 0 Å². The first-order chi connectivity index (χ1) is 37.8. The van der Waals surface area contributed by atoms with Crippen molar-refractivity contribution in [2.75, 3.05) is 6.61 Å². The van der Waals surface area contributed by atoms with E-state index in [0.717, 1.165) is 131 Å². The number of hydrogen-bond donors (Lipinski definition) is 2. The standard InChI is InChI=1S/C19H29Cl.C19H29N3.C19H30O.C17H26O.H2N/c1-4-16(20)19-10-18(3)6-12-11-5-17(2,8-14(12)19)9-15(19)13(11)7-18;1-4-16(21-22-20)19-10-18(3)6-12-11-5-17(2,8-14(12)19)9-15(19)13(11)7-18;1-4-16(20)19-10-18(3)6-12-11-5-17(2,8-14(12)19)9-15(19)13(11)7-18;1-15-3-10-11-4-16(2)5-12(10)14(7-15)17(8-16,9-18)13(11)6-15;/h11-16H,4-10H2,1-3H3;11-16H,4-10H2,1-3H3;11-16,20H,4-10H2,1-3H3;10-14,18H,3-9H2,1-2H3;1H2/q;;;;-1. The molecule has 19 unspecified atom stereocenters. The predicted molar refractivity (Wildman–Crippen MR) is 327 cm³/mol. The molecule has 0 aliphatic heterocycles. The van der Waals surface area contributed by atoms with E-state index < -0.39 is 0 Å². The molecule has 4 N–H and O–H groups in total. The monoisotopic (exact) mass is 1130 g/mol. The average Bonchev–Trinajstić information content (AvgIpc) is 2.91. The van der Waals surface area contributed by atoms with Gasteiger partial charge in [-0.1, -0.05) is 81.3 Å². The van der Waals surface area contributed by atoms with Crippen LogP contribution in [0.1, 0.15) is 250 Å². The lowest BCUT2D eigenvalue weighted by Crippen LogP contribution is -2.74. The molecule has 32 bridgehead atoms. The van der Waals surface area contributed by atoms with Crippen molar-refractivity contribution in [1.29, 1.82) is 0 Å². The lowest BCUT2D eigenvalue weighted by atomic mass is 9.25. The van der Waals surface area contributed by atoms with Crippen LogP contribution < -0.4 is 0 Å². The number of nitrogens with zero attached hydrogens (tertiary/aromatic N) is 3. The number of hydrogen-bond acceptors (Lipinski definition) is 3. The number of alkyl halides is 1. The fourth-order valence-electron chi connectivity index (χ4n) is 34.8. The summed E-state index contributed by atoms with van der Waals surface area (Å²) in [5, 5.41) is 26.1. The molecule has 6 nitrogen and oxygen atoms in total. The third kappa shape index (κ3) is 6.77. The van der Waals surface area contributed by atoms with Crippen LogP contribution in [-0.2, 0) is 0 Å². The molecule has 28 rings (SSSR count). The summed E-state index contributed by atoms with van der Waals surface area (Å²) in [6.45, 7) is 27.8. The van der Waals surface area contributed by atoms with E-state index >= 15 is 0 Å². The zero-order valence-corrected chi connectivity index (χ0v) is 54.0. The molecule has 0 spiro atoms. The van der Waals surface area contributed by atoms with Gasteiger partial charge in [0.1, 0.15) is 0 Å². The Kier molecular flexibility index (Phi) is 11.6. The van der Waals surface area contributed by atoms with Crippen molar-refractivity contribution in [3.63, 3.8) is 0 Å². The van der Waals surface area contributed by atoms with Gasteiger partial charge >= 0.3 is 0 Å². The number of aliphatic hydroxyl groups is 2. The minimum Gasteiger partial charge on any atom is -0.693 e. The summed E-state index contributed by atoms with van der Waals surface area (Å²) >= 11 is 7.06. The Morgan fingerprint density at radius 1 is 0.395 bits per heavy atom. The normalized spacial score (nSPS) is 65.5. The minimum atomic E-state index is -0.0222. The van der Waals surface area contributed by atoms with E-state index in [1.54, 1.807) is 6.42 Å². The van der Waals surface area contributed by atoms with Crippen LogP contribution in [0.4, 0.5) is 0 Å². The highest BCUT2D eigenvalue weighted by atomic mass is 35.5. The molecule has 28 aliphatic carbocycles. The molecule has 19 atom stereocenters. The molecule has 0 radical (unpaired) electrons. The second-order valence-electron chi connectivity index (χ2n) is 39.8. The predicted octanol–water partition coefficient (Wildman–Crippen LogP) is 19.5. The first-order valence-corrected chi connectivity index (χ1v) is 36.2. The smallest absolute Gasteiger partial charge is 0.0599 e. The van der Waals surface area contributed by atoms with E-state index in [4.69, 9.17) is 17.1 Å². The van der Waals surface area contributed by atoms with Crippen molar-refractivity contribution in [1.82, 2.24) is 0 Å². The summed E-state index contributed by atoms with van der Waals surface area (Å²) in [6, 6.07) is 0.251. The first kappa shape index (κ1) is 55.8. The topological polar surface area (TPSA) is 123 Å². The lowest BCUT2D eigenvalue weighted by molar-refractivity contribution is -0.320. The van der Waals surface area contributed by atoms with Crippen molar-refractivity contribution in [2.24, 2.45) is 188 Å². The zero-order chi connectivity index (χ0) is 55.5. The molecule has 28 aliphatic rings. The summed E-state index contributed by atoms with van der Waals surface area (Å²) in [4.78, 5) is 3.29. The fraction of sp³-hybridized carbons (Fsp3) is 1.00. The van der Waals surface area contributed by atoms with Gasteiger partial charge in [-0.05, 0) is 351 Å². The van der Waals surface area contributed by atoms with Crippen LogP contribution in [0.3, 0.4) is 0 Å². The number of rotatable bonds is 8. The average molecular weight is 1130 g/mol. The van der Waals surface area contributed by atoms with Crippen LogP contribution in [0.25, 0.3) is 16.6 Å². The molecule has 0 amide bonds. The highest BCUT2D eigenvalue weighted by Crippen LogP contribution is 2.86. The van der Waals surface area contributed by atoms with Gasteiger partial charge in [0.15, 0.2) is 0 Å². The summed E-state index contributed by atoms with van der Waals surface area (Å²) in [5.41, 5.74) is 15.7. The maximum absolute atomic E-state index is 11.0. The molecule has 28 saturated carbocycles. The Morgan fingerprint density at radius 2 is 0.679 bits per heavy atom. The van der Waals surface area contributed by atoms with Gasteiger partial charge in [0.05, 0.1) is 6.10 Å². The number of nitrogens with two attached hydrogens (primary N) is 1. The molecule has 28 fully saturated rings. The summed E-state index contributed by atoms with van der Waals surface area (Å²) in [6.07, 6.45) is 38.4. The molecule has 0 aromatic rings. The Bertz CT molecular complexity index is 2470. The SMILES string of the molecule is CC12CC3C4CC5(C)CC3C(C1)C(CO)(C5)C4C2.CCC(Cl)C12CC3(C)CC4C5CC(C)(CC41)CC2C5C3.CCC(N=[N+]=[N-])C12CC3(C)CC4C5CC(C)(CC41)CC2C5C3.CCC(O)C12CC3(C)CC4C5CC(C)(CC41)CC2C5C3.[NH2-]. The number of aliphatic hydroxyl groups excluding tert-OH is 2. The Balaban J connectivity index is 0.0000000890. The van der Waals surface area contributed by atoms with Crippen LogP contribution in [0.5, 0.6) is 0 Å². The maximum Gasteiger partial charge on any atom is 0.0599 e. The van der Waals surface area contributed by atoms with Crippen LogP contribution in [0, 0.1) is 183 Å². The fourth-order valence-corrected chi connectivity index (χ4v) is 35.2. The second-order valence-corrected chi connectivity index (χ2v) is 40.3. The number of halogens is 1. The van der Waals surface area contributed by atoms with E-state index in [0.29, 0.717) is 77.0 Å². The van der Waals surface area contributed by atoms with Gasteiger partial charge in [0.2, 0.25) is 0 Å². The van der Waals surface area contributed by atoms with E-state index in [1.807, 2.05) is 0 Å². The van der Waals surface area contributed by atoms with Crippen LogP contribution in [0.2, 0.25) is 0 Å². The van der Waals surface area contributed by atoms with Crippen LogP contribution in [0.15, 0.2) is 5.11 Å². The van der Waals surface area contributed by atoms with Crippen LogP contribution in [-0.4, -0.2) is 34.3 Å². The molecule has 0 saturated heterocycles. The largest absolute Gasteiger partial charge is 0.693 e. The maximum atomic E-state index is 11.0. The van der Waals surface area contributed by atoms with Gasteiger partial charge in [-0.25, -0.2) is 0 Å². The highest BCUT2D eigenvalue weighted by Gasteiger charge is 2.79. The second kappa shape index (κ2) is 16.8. The summed E-state index contributed by atoms with van der Waals surface area (Å²) in [7, 11) is 0. The quantitative estimate of drug-likeness (QED) is 0.109. The molecule has 7 heteroatoms. The van der Waals surface area contributed by atoms with Gasteiger partial charge in [-0.3, -0.25) is 0 Å². The van der Waals surface area contributed by atoms with Gasteiger partial charge in [-0.2, -0.15) is 0 Å². The van der Waals surface area contributed by atoms with Crippen molar-refractivity contribution in [3.8, 4) is 0 Å². The van der Waals surface area contributed by atoms with E-state index in [1.165, 1.54) is 154 Å². The third-order valence-corrected chi connectivity index (χ3v) is 35.7. The molecular formula is C74H116ClN4O2-. The van der Waals surface area contributed by atoms with E-state index in [-0.39, 0.29) is 18.3 Å². The van der Waals surface area contributed by atoms with Gasteiger partial charge in [0, 0.05) is 33.8 Å². The molecular weight excluding hydrogens is 1010 g/mol. The van der Waals surface area contributed by atoms with E-state index in [9.17, 15) is 10.2 Å². The Hall–Kier alpha value is -0.520. The lowest BCUT2D eigenvalue weighted by Gasteiger charge is -2.79. The van der Waals surface area contributed by atoms with Crippen molar-refractivity contribution < 1.29 is 10.2 Å². The van der Waals surface area contributed by atoms with E-state index in [2.05, 4.69) is 86.2 Å². The van der Waals surface area contributed by atoms with Crippen molar-refractivity contribution >= 4 is 11.6 Å². The van der Waals surface area contributed by atoms with Crippen molar-refractivity contribution in [3.05, 3.63) is 16.6 Å². The summed E-state index contributed by atoms with van der Waals surface area (Å²) in [5.74, 6) is 19.2. The van der Waals surface area contributed by atoms with Crippen LogP contribution >= 0.6 is 11.6 Å². The first-order valence-electron chi connectivity index (χ1n) is 35.7. The van der Waals surface area contributed by atoms with Crippen molar-refractivity contribution in [2.45, 2.75) is 267 Å². The molecule has 0 heterocycles. The molecule has 0 aromatic heterocycles. The molecule has 81 heavy (non-hydrogen) atoms. The van der Waals surface area contributed by atoms with Gasteiger partial charge < -0.3 is 16.4 Å². The zero-order valence-electron chi connectivity index (χ0n) is 53.3. The number of azide groups is 1. The third-order valence-electron chi connectivity index (χ3n) is 35.0. The summed E-state index contributed by atoms with van der Waals surface area (Å²) < 4.78 is 0. The highest BCUT2D eigenvalue weighted by molar-refractivity contribution is 6.21. The molecule has 452 valence electrons. The van der Waals surface area contributed by atoms with Gasteiger partial charge in [-0.15, -0.1) is 11.6 Å².